The summed E-state index contributed by atoms with van der Waals surface area (Å²) in [6.45, 7) is 8.95. The van der Waals surface area contributed by atoms with Crippen LogP contribution in [0.4, 0.5) is 0 Å². The van der Waals surface area contributed by atoms with E-state index in [1.807, 2.05) is 26.0 Å². The van der Waals surface area contributed by atoms with E-state index < -0.39 is 0 Å². The Hall–Kier alpha value is -1.02. The van der Waals surface area contributed by atoms with Gasteiger partial charge in [-0.25, -0.2) is 0 Å². The van der Waals surface area contributed by atoms with Crippen molar-refractivity contribution in [2.24, 2.45) is 0 Å². The molecule has 0 spiro atoms. The Morgan fingerprint density at radius 2 is 1.69 bits per heavy atom. The molecule has 0 unspecified atom stereocenters. The zero-order valence-electron chi connectivity index (χ0n) is 10.9. The van der Waals surface area contributed by atoms with E-state index in [1.54, 1.807) is 7.11 Å². The van der Waals surface area contributed by atoms with Gasteiger partial charge in [0.25, 0.3) is 0 Å². The van der Waals surface area contributed by atoms with Crippen molar-refractivity contribution in [1.82, 2.24) is 0 Å². The van der Waals surface area contributed by atoms with E-state index in [4.69, 9.17) is 9.47 Å². The zero-order chi connectivity index (χ0) is 12.2. The van der Waals surface area contributed by atoms with Crippen LogP contribution < -0.4 is 4.74 Å². The molecule has 0 aliphatic heterocycles. The molecule has 0 saturated carbocycles. The van der Waals surface area contributed by atoms with Gasteiger partial charge >= 0.3 is 0 Å². The fourth-order valence-electron chi connectivity index (χ4n) is 1.27. The molecular formula is C14H22O2. The Morgan fingerprint density at radius 3 is 2.12 bits per heavy atom. The Bertz CT molecular complexity index is 312. The van der Waals surface area contributed by atoms with E-state index in [9.17, 15) is 0 Å². The van der Waals surface area contributed by atoms with E-state index in [1.165, 1.54) is 5.56 Å². The summed E-state index contributed by atoms with van der Waals surface area (Å²) in [6, 6.07) is 8.25. The zero-order valence-corrected chi connectivity index (χ0v) is 10.9. The lowest BCUT2D eigenvalue weighted by atomic mass is 10.0. The summed E-state index contributed by atoms with van der Waals surface area (Å²) in [5, 5.41) is 0. The Labute approximate surface area is 98.6 Å². The van der Waals surface area contributed by atoms with Crippen molar-refractivity contribution in [1.29, 1.82) is 0 Å². The molecule has 16 heavy (non-hydrogen) atoms. The number of rotatable bonds is 5. The van der Waals surface area contributed by atoms with Crippen molar-refractivity contribution in [3.8, 4) is 5.75 Å². The highest BCUT2D eigenvalue weighted by Crippen LogP contribution is 2.19. The third-order valence-electron chi connectivity index (χ3n) is 2.69. The van der Waals surface area contributed by atoms with Gasteiger partial charge in [0.1, 0.15) is 12.4 Å². The molecule has 0 N–H and O–H groups in total. The summed E-state index contributed by atoms with van der Waals surface area (Å²) < 4.78 is 11.0. The van der Waals surface area contributed by atoms with E-state index in [0.717, 1.165) is 5.75 Å². The lowest BCUT2D eigenvalue weighted by Crippen LogP contribution is -2.30. The number of hydrogen-bond donors (Lipinski definition) is 0. The van der Waals surface area contributed by atoms with Gasteiger partial charge in [-0.3, -0.25) is 0 Å². The van der Waals surface area contributed by atoms with Crippen molar-refractivity contribution in [3.05, 3.63) is 29.8 Å². The minimum atomic E-state index is -0.239. The molecule has 0 aromatic heterocycles. The lowest BCUT2D eigenvalue weighted by molar-refractivity contribution is -0.0146. The summed E-state index contributed by atoms with van der Waals surface area (Å²) >= 11 is 0. The van der Waals surface area contributed by atoms with E-state index in [-0.39, 0.29) is 5.60 Å². The second kappa shape index (κ2) is 5.35. The molecule has 0 atom stereocenters. The topological polar surface area (TPSA) is 18.5 Å². The first kappa shape index (κ1) is 13.0. The summed E-state index contributed by atoms with van der Waals surface area (Å²) in [5.41, 5.74) is 1.09. The van der Waals surface area contributed by atoms with Gasteiger partial charge in [0.2, 0.25) is 0 Å². The predicted octanol–water partition coefficient (Wildman–Crippen LogP) is 3.61. The van der Waals surface area contributed by atoms with Gasteiger partial charge in [-0.15, -0.1) is 0 Å². The SMILES string of the molecule is COC(C)(C)COc1ccc(C(C)C)cc1. The lowest BCUT2D eigenvalue weighted by Gasteiger charge is -2.23. The molecule has 0 fully saturated rings. The Balaban J connectivity index is 2.56. The minimum absolute atomic E-state index is 0.239. The Morgan fingerprint density at radius 1 is 1.12 bits per heavy atom. The monoisotopic (exact) mass is 222 g/mol. The molecule has 0 radical (unpaired) electrons. The second-order valence-electron chi connectivity index (χ2n) is 4.98. The van der Waals surface area contributed by atoms with E-state index >= 15 is 0 Å². The normalized spacial score (nSPS) is 11.9. The maximum absolute atomic E-state index is 5.67. The summed E-state index contributed by atoms with van der Waals surface area (Å²) in [6.07, 6.45) is 0. The van der Waals surface area contributed by atoms with Crippen LogP contribution in [0.1, 0.15) is 39.2 Å². The molecule has 0 saturated heterocycles. The van der Waals surface area contributed by atoms with Crippen LogP contribution in [0, 0.1) is 0 Å². The van der Waals surface area contributed by atoms with Gasteiger partial charge in [-0.1, -0.05) is 26.0 Å². The highest BCUT2D eigenvalue weighted by molar-refractivity contribution is 5.28. The Kier molecular flexibility index (Phi) is 4.36. The van der Waals surface area contributed by atoms with Crippen molar-refractivity contribution < 1.29 is 9.47 Å². The largest absolute Gasteiger partial charge is 0.491 e. The first-order valence-electron chi connectivity index (χ1n) is 5.72. The van der Waals surface area contributed by atoms with Crippen LogP contribution in [-0.2, 0) is 4.74 Å². The molecule has 1 rings (SSSR count). The van der Waals surface area contributed by atoms with Crippen LogP contribution in [0.15, 0.2) is 24.3 Å². The molecule has 0 bridgehead atoms. The van der Waals surface area contributed by atoms with Crippen LogP contribution in [-0.4, -0.2) is 19.3 Å². The fraction of sp³-hybridized carbons (Fsp3) is 0.571. The van der Waals surface area contributed by atoms with Gasteiger partial charge in [0.05, 0.1) is 5.60 Å². The molecule has 0 amide bonds. The van der Waals surface area contributed by atoms with E-state index in [2.05, 4.69) is 26.0 Å². The summed E-state index contributed by atoms with van der Waals surface area (Å²) in [5.74, 6) is 1.46. The molecule has 1 aromatic carbocycles. The van der Waals surface area contributed by atoms with Crippen LogP contribution in [0.25, 0.3) is 0 Å². The molecular weight excluding hydrogens is 200 g/mol. The molecule has 0 heterocycles. The van der Waals surface area contributed by atoms with Crippen molar-refractivity contribution >= 4 is 0 Å². The molecule has 2 heteroatoms. The van der Waals surface area contributed by atoms with Gasteiger partial charge in [0, 0.05) is 7.11 Å². The van der Waals surface area contributed by atoms with Crippen LogP contribution in [0.3, 0.4) is 0 Å². The third-order valence-corrected chi connectivity index (χ3v) is 2.69. The molecule has 2 nitrogen and oxygen atoms in total. The highest BCUT2D eigenvalue weighted by Gasteiger charge is 2.17. The van der Waals surface area contributed by atoms with Gasteiger partial charge in [0.15, 0.2) is 0 Å². The maximum atomic E-state index is 5.67. The first-order valence-corrected chi connectivity index (χ1v) is 5.72. The smallest absolute Gasteiger partial charge is 0.119 e. The van der Waals surface area contributed by atoms with Crippen LogP contribution in [0.2, 0.25) is 0 Å². The first-order chi connectivity index (χ1) is 7.44. The fourth-order valence-corrected chi connectivity index (χ4v) is 1.27. The average molecular weight is 222 g/mol. The van der Waals surface area contributed by atoms with Crippen molar-refractivity contribution in [3.63, 3.8) is 0 Å². The molecule has 0 aliphatic carbocycles. The standard InChI is InChI=1S/C14H22O2/c1-11(2)12-6-8-13(9-7-12)16-10-14(3,4)15-5/h6-9,11H,10H2,1-5H3. The van der Waals surface area contributed by atoms with Gasteiger partial charge in [-0.2, -0.15) is 0 Å². The number of methoxy groups -OCH3 is 1. The molecule has 90 valence electrons. The summed E-state index contributed by atoms with van der Waals surface area (Å²) in [4.78, 5) is 0. The van der Waals surface area contributed by atoms with Crippen LogP contribution in [0.5, 0.6) is 5.75 Å². The highest BCUT2D eigenvalue weighted by atomic mass is 16.5. The van der Waals surface area contributed by atoms with Crippen molar-refractivity contribution in [2.45, 2.75) is 39.2 Å². The van der Waals surface area contributed by atoms with Crippen molar-refractivity contribution in [2.75, 3.05) is 13.7 Å². The number of benzene rings is 1. The molecule has 1 aromatic rings. The number of ether oxygens (including phenoxy) is 2. The minimum Gasteiger partial charge on any atom is -0.491 e. The van der Waals surface area contributed by atoms with E-state index in [0.29, 0.717) is 12.5 Å². The van der Waals surface area contributed by atoms with Gasteiger partial charge < -0.3 is 9.47 Å². The quantitative estimate of drug-likeness (QED) is 0.757. The predicted molar refractivity (Wildman–Crippen MR) is 67.1 cm³/mol. The molecule has 0 aliphatic rings. The summed E-state index contributed by atoms with van der Waals surface area (Å²) in [7, 11) is 1.70. The number of hydrogen-bond acceptors (Lipinski definition) is 2. The second-order valence-corrected chi connectivity index (χ2v) is 4.98. The average Bonchev–Trinajstić information content (AvgIpc) is 2.27. The third kappa shape index (κ3) is 3.86. The van der Waals surface area contributed by atoms with Crippen LogP contribution >= 0.6 is 0 Å². The maximum Gasteiger partial charge on any atom is 0.119 e. The van der Waals surface area contributed by atoms with Gasteiger partial charge in [-0.05, 0) is 37.5 Å².